The molecule has 7 nitrogen and oxygen atoms in total. The Hall–Kier alpha value is -2.54. The summed E-state index contributed by atoms with van der Waals surface area (Å²) in [7, 11) is 0. The Bertz CT molecular complexity index is 856. The van der Waals surface area contributed by atoms with E-state index in [4.69, 9.17) is 4.74 Å². The van der Waals surface area contributed by atoms with E-state index < -0.39 is 0 Å². The van der Waals surface area contributed by atoms with Gasteiger partial charge in [-0.3, -0.25) is 0 Å². The van der Waals surface area contributed by atoms with Crippen molar-refractivity contribution in [2.45, 2.75) is 38.7 Å². The van der Waals surface area contributed by atoms with Crippen LogP contribution >= 0.6 is 0 Å². The molecule has 0 aromatic carbocycles. The first-order valence-electron chi connectivity index (χ1n) is 8.88. The van der Waals surface area contributed by atoms with Crippen LogP contribution in [0, 0.1) is 0 Å². The van der Waals surface area contributed by atoms with Crippen LogP contribution in [0.1, 0.15) is 31.9 Å². The number of rotatable bonds is 5. The third-order valence-electron chi connectivity index (χ3n) is 4.37. The fourth-order valence-electron chi connectivity index (χ4n) is 3.11. The zero-order valence-corrected chi connectivity index (χ0v) is 14.3. The third kappa shape index (κ3) is 3.46. The van der Waals surface area contributed by atoms with Gasteiger partial charge in [-0.15, -0.1) is 0 Å². The van der Waals surface area contributed by atoms with Crippen molar-refractivity contribution in [2.75, 3.05) is 13.1 Å². The van der Waals surface area contributed by atoms with Crippen molar-refractivity contribution in [3.05, 3.63) is 30.2 Å². The lowest BCUT2D eigenvalue weighted by molar-refractivity contribution is 0.149. The summed E-state index contributed by atoms with van der Waals surface area (Å²) in [5.41, 5.74) is 3.37. The van der Waals surface area contributed by atoms with Crippen molar-refractivity contribution in [2.24, 2.45) is 0 Å². The lowest BCUT2D eigenvalue weighted by atomic mass is 10.1. The fourth-order valence-corrected chi connectivity index (χ4v) is 3.11. The van der Waals surface area contributed by atoms with Gasteiger partial charge in [0.1, 0.15) is 11.8 Å². The molecule has 0 radical (unpaired) electrons. The molecule has 4 heterocycles. The summed E-state index contributed by atoms with van der Waals surface area (Å²) in [5.74, 6) is 0.607. The van der Waals surface area contributed by atoms with Crippen LogP contribution in [0.3, 0.4) is 0 Å². The SMILES string of the molecule is CCCc1ccnc(-c2nc(OC3CCNCC3)nc3cc[nH]c23)n1. The molecule has 7 heteroatoms. The topological polar surface area (TPSA) is 88.6 Å². The molecule has 0 spiro atoms. The van der Waals surface area contributed by atoms with Crippen LogP contribution < -0.4 is 10.1 Å². The standard InChI is InChI=1S/C18H22N6O/c1-2-3-12-4-10-21-17(22-12)16-15-14(7-11-20-15)23-18(24-16)25-13-5-8-19-9-6-13/h4,7,10-11,13,19-20H,2-3,5-6,8-9H2,1H3. The van der Waals surface area contributed by atoms with Crippen molar-refractivity contribution >= 4 is 11.0 Å². The molecule has 1 aliphatic heterocycles. The van der Waals surface area contributed by atoms with Crippen molar-refractivity contribution in [1.29, 1.82) is 0 Å². The van der Waals surface area contributed by atoms with Crippen LogP contribution in [0.15, 0.2) is 24.5 Å². The number of nitrogens with one attached hydrogen (secondary N) is 2. The second-order valence-corrected chi connectivity index (χ2v) is 6.28. The van der Waals surface area contributed by atoms with E-state index in [2.05, 4.69) is 37.2 Å². The Morgan fingerprint density at radius 3 is 2.88 bits per heavy atom. The van der Waals surface area contributed by atoms with Crippen molar-refractivity contribution < 1.29 is 4.74 Å². The highest BCUT2D eigenvalue weighted by Crippen LogP contribution is 2.25. The van der Waals surface area contributed by atoms with Crippen LogP contribution in [0.25, 0.3) is 22.6 Å². The highest BCUT2D eigenvalue weighted by atomic mass is 16.5. The van der Waals surface area contributed by atoms with E-state index in [1.807, 2.05) is 18.3 Å². The van der Waals surface area contributed by atoms with E-state index in [1.165, 1.54) is 0 Å². The molecule has 0 unspecified atom stereocenters. The maximum atomic E-state index is 6.04. The molecule has 0 bridgehead atoms. The summed E-state index contributed by atoms with van der Waals surface area (Å²) in [6, 6.07) is 4.27. The number of hydrogen-bond acceptors (Lipinski definition) is 6. The van der Waals surface area contributed by atoms with Crippen LogP contribution in [0.2, 0.25) is 0 Å². The Morgan fingerprint density at radius 2 is 2.04 bits per heavy atom. The van der Waals surface area contributed by atoms with Gasteiger partial charge >= 0.3 is 6.01 Å². The summed E-state index contributed by atoms with van der Waals surface area (Å²) < 4.78 is 6.04. The predicted octanol–water partition coefficient (Wildman–Crippen LogP) is 2.50. The van der Waals surface area contributed by atoms with E-state index >= 15 is 0 Å². The van der Waals surface area contributed by atoms with Crippen LogP contribution in [0.4, 0.5) is 0 Å². The Morgan fingerprint density at radius 1 is 1.16 bits per heavy atom. The Balaban J connectivity index is 1.71. The minimum Gasteiger partial charge on any atom is -0.460 e. The highest BCUT2D eigenvalue weighted by Gasteiger charge is 2.19. The van der Waals surface area contributed by atoms with Crippen molar-refractivity contribution in [3.63, 3.8) is 0 Å². The third-order valence-corrected chi connectivity index (χ3v) is 4.37. The van der Waals surface area contributed by atoms with Gasteiger partial charge in [0.25, 0.3) is 0 Å². The van der Waals surface area contributed by atoms with Crippen LogP contribution in [0.5, 0.6) is 6.01 Å². The predicted molar refractivity (Wildman–Crippen MR) is 95.4 cm³/mol. The average molecular weight is 338 g/mol. The lowest BCUT2D eigenvalue weighted by Crippen LogP contribution is -2.34. The van der Waals surface area contributed by atoms with Gasteiger partial charge in [0.05, 0.1) is 11.0 Å². The van der Waals surface area contributed by atoms with E-state index in [0.29, 0.717) is 17.5 Å². The first-order valence-corrected chi connectivity index (χ1v) is 8.88. The molecule has 1 fully saturated rings. The van der Waals surface area contributed by atoms with Crippen molar-refractivity contribution in [3.8, 4) is 17.5 Å². The van der Waals surface area contributed by atoms with Crippen LogP contribution in [-0.4, -0.2) is 44.1 Å². The minimum absolute atomic E-state index is 0.151. The number of hydrogen-bond donors (Lipinski definition) is 2. The van der Waals surface area contributed by atoms with Crippen LogP contribution in [-0.2, 0) is 6.42 Å². The first kappa shape index (κ1) is 16.0. The normalized spacial score (nSPS) is 15.6. The zero-order chi connectivity index (χ0) is 17.1. The molecule has 3 aromatic rings. The number of fused-ring (bicyclic) bond motifs is 1. The van der Waals surface area contributed by atoms with E-state index in [-0.39, 0.29) is 6.10 Å². The van der Waals surface area contributed by atoms with Gasteiger partial charge in [-0.2, -0.15) is 9.97 Å². The molecule has 2 N–H and O–H groups in total. The zero-order valence-electron chi connectivity index (χ0n) is 14.3. The monoisotopic (exact) mass is 338 g/mol. The van der Waals surface area contributed by atoms with Gasteiger partial charge in [-0.05, 0) is 44.5 Å². The molecule has 0 aliphatic carbocycles. The second kappa shape index (κ2) is 7.14. The molecule has 0 amide bonds. The molecule has 25 heavy (non-hydrogen) atoms. The summed E-state index contributed by atoms with van der Waals surface area (Å²) in [5, 5.41) is 3.34. The molecule has 130 valence electrons. The first-order chi connectivity index (χ1) is 12.3. The number of aryl methyl sites for hydroxylation is 1. The molecular formula is C18H22N6O. The molecule has 3 aromatic heterocycles. The lowest BCUT2D eigenvalue weighted by Gasteiger charge is -2.22. The van der Waals surface area contributed by atoms with Gasteiger partial charge < -0.3 is 15.0 Å². The number of aromatic nitrogens is 5. The van der Waals surface area contributed by atoms with Gasteiger partial charge in [0.15, 0.2) is 5.82 Å². The number of aromatic amines is 1. The summed E-state index contributed by atoms with van der Waals surface area (Å²) in [6.07, 6.45) is 7.69. The molecule has 1 saturated heterocycles. The number of nitrogens with zero attached hydrogens (tertiary/aromatic N) is 4. The number of ether oxygens (including phenoxy) is 1. The van der Waals surface area contributed by atoms with Crippen molar-refractivity contribution in [1.82, 2.24) is 30.2 Å². The molecule has 0 atom stereocenters. The second-order valence-electron chi connectivity index (χ2n) is 6.28. The van der Waals surface area contributed by atoms with E-state index in [0.717, 1.165) is 55.5 Å². The van der Waals surface area contributed by atoms with Gasteiger partial charge in [-0.25, -0.2) is 9.97 Å². The smallest absolute Gasteiger partial charge is 0.318 e. The van der Waals surface area contributed by atoms with Gasteiger partial charge in [0, 0.05) is 18.1 Å². The molecule has 4 rings (SSSR count). The molecule has 1 aliphatic rings. The maximum Gasteiger partial charge on any atom is 0.318 e. The Labute approximate surface area is 146 Å². The fraction of sp³-hybridized carbons (Fsp3) is 0.444. The number of H-pyrrole nitrogens is 1. The van der Waals surface area contributed by atoms with Gasteiger partial charge in [0.2, 0.25) is 0 Å². The quantitative estimate of drug-likeness (QED) is 0.743. The summed E-state index contributed by atoms with van der Waals surface area (Å²) >= 11 is 0. The van der Waals surface area contributed by atoms with Gasteiger partial charge in [-0.1, -0.05) is 13.3 Å². The summed E-state index contributed by atoms with van der Waals surface area (Å²) in [6.45, 7) is 4.07. The Kier molecular flexibility index (Phi) is 4.56. The molecule has 0 saturated carbocycles. The van der Waals surface area contributed by atoms with E-state index in [1.54, 1.807) is 6.20 Å². The maximum absolute atomic E-state index is 6.04. The minimum atomic E-state index is 0.151. The largest absolute Gasteiger partial charge is 0.460 e. The number of piperidine rings is 1. The van der Waals surface area contributed by atoms with E-state index in [9.17, 15) is 0 Å². The molecular weight excluding hydrogens is 316 g/mol. The highest BCUT2D eigenvalue weighted by molar-refractivity contribution is 5.87. The summed E-state index contributed by atoms with van der Waals surface area (Å²) in [4.78, 5) is 21.4. The average Bonchev–Trinajstić information content (AvgIpc) is 3.11.